The third-order valence-corrected chi connectivity index (χ3v) is 4.44. The molecular weight excluding hydrogens is 218 g/mol. The molecule has 86 valence electrons. The van der Waals surface area contributed by atoms with E-state index < -0.39 is 0 Å². The Bertz CT molecular complexity index is 374. The largest absolute Gasteiger partial charge is 0.491 e. The standard InChI is InChI=1S/C13H17NOS/c1-3-10-6-8-16-13(10)12(5-1)15-9-11-4-2-7-14-11/h1,3,5,11,14H,2,4,6-9H2. The SMILES string of the molecule is c1cc2c(c(OCC3CCCN3)c1)SCC2. The van der Waals surface area contributed by atoms with E-state index in [9.17, 15) is 0 Å². The summed E-state index contributed by atoms with van der Waals surface area (Å²) < 4.78 is 5.95. The maximum atomic E-state index is 5.95. The van der Waals surface area contributed by atoms with Crippen LogP contribution in [0, 0.1) is 0 Å². The van der Waals surface area contributed by atoms with Crippen molar-refractivity contribution in [2.24, 2.45) is 0 Å². The first-order valence-corrected chi connectivity index (χ1v) is 7.03. The molecule has 0 aromatic heterocycles. The van der Waals surface area contributed by atoms with Gasteiger partial charge in [-0.2, -0.15) is 0 Å². The molecule has 16 heavy (non-hydrogen) atoms. The van der Waals surface area contributed by atoms with Crippen molar-refractivity contribution < 1.29 is 4.74 Å². The van der Waals surface area contributed by atoms with Gasteiger partial charge in [0.2, 0.25) is 0 Å². The van der Waals surface area contributed by atoms with E-state index in [0.29, 0.717) is 6.04 Å². The van der Waals surface area contributed by atoms with Crippen LogP contribution in [0.3, 0.4) is 0 Å². The van der Waals surface area contributed by atoms with Gasteiger partial charge in [-0.1, -0.05) is 12.1 Å². The average Bonchev–Trinajstić information content (AvgIpc) is 2.97. The highest BCUT2D eigenvalue weighted by Gasteiger charge is 2.18. The van der Waals surface area contributed by atoms with Gasteiger partial charge in [-0.3, -0.25) is 0 Å². The molecule has 2 aliphatic rings. The number of hydrogen-bond acceptors (Lipinski definition) is 3. The maximum Gasteiger partial charge on any atom is 0.133 e. The Kier molecular flexibility index (Phi) is 3.06. The molecule has 3 rings (SSSR count). The minimum absolute atomic E-state index is 0.558. The van der Waals surface area contributed by atoms with E-state index in [1.165, 1.54) is 35.5 Å². The van der Waals surface area contributed by atoms with Gasteiger partial charge in [0.25, 0.3) is 0 Å². The lowest BCUT2D eigenvalue weighted by Gasteiger charge is -2.14. The second kappa shape index (κ2) is 4.68. The van der Waals surface area contributed by atoms with Crippen LogP contribution in [-0.4, -0.2) is 24.9 Å². The summed E-state index contributed by atoms with van der Waals surface area (Å²) in [5.74, 6) is 2.30. The van der Waals surface area contributed by atoms with Crippen molar-refractivity contribution in [1.29, 1.82) is 0 Å². The zero-order valence-corrected chi connectivity index (χ0v) is 10.2. The van der Waals surface area contributed by atoms with Crippen LogP contribution in [0.1, 0.15) is 18.4 Å². The number of thioether (sulfide) groups is 1. The topological polar surface area (TPSA) is 21.3 Å². The van der Waals surface area contributed by atoms with E-state index in [2.05, 4.69) is 23.5 Å². The minimum atomic E-state index is 0.558. The van der Waals surface area contributed by atoms with Crippen molar-refractivity contribution in [1.82, 2.24) is 5.32 Å². The molecule has 1 fully saturated rings. The number of nitrogens with one attached hydrogen (secondary N) is 1. The van der Waals surface area contributed by atoms with E-state index in [0.717, 1.165) is 18.9 Å². The van der Waals surface area contributed by atoms with E-state index in [4.69, 9.17) is 4.74 Å². The Morgan fingerprint density at radius 2 is 2.44 bits per heavy atom. The van der Waals surface area contributed by atoms with Crippen LogP contribution in [0.15, 0.2) is 23.1 Å². The number of rotatable bonds is 3. The first-order chi connectivity index (χ1) is 7.93. The highest BCUT2D eigenvalue weighted by molar-refractivity contribution is 7.99. The fourth-order valence-corrected chi connectivity index (χ4v) is 3.54. The van der Waals surface area contributed by atoms with Gasteiger partial charge in [-0.15, -0.1) is 11.8 Å². The van der Waals surface area contributed by atoms with Crippen molar-refractivity contribution in [3.8, 4) is 5.75 Å². The summed E-state index contributed by atoms with van der Waals surface area (Å²) in [6.45, 7) is 1.96. The quantitative estimate of drug-likeness (QED) is 0.869. The molecule has 3 heteroatoms. The molecule has 1 aromatic rings. The third kappa shape index (κ3) is 2.06. The van der Waals surface area contributed by atoms with Crippen molar-refractivity contribution in [3.05, 3.63) is 23.8 Å². The lowest BCUT2D eigenvalue weighted by Crippen LogP contribution is -2.28. The second-order valence-electron chi connectivity index (χ2n) is 4.45. The molecule has 2 nitrogen and oxygen atoms in total. The predicted octanol–water partition coefficient (Wildman–Crippen LogP) is 2.47. The van der Waals surface area contributed by atoms with Crippen molar-refractivity contribution >= 4 is 11.8 Å². The van der Waals surface area contributed by atoms with Gasteiger partial charge in [0.05, 0.1) is 4.90 Å². The monoisotopic (exact) mass is 235 g/mol. The zero-order valence-electron chi connectivity index (χ0n) is 9.37. The van der Waals surface area contributed by atoms with Gasteiger partial charge in [-0.25, -0.2) is 0 Å². The highest BCUT2D eigenvalue weighted by atomic mass is 32.2. The lowest BCUT2D eigenvalue weighted by molar-refractivity contribution is 0.271. The van der Waals surface area contributed by atoms with E-state index >= 15 is 0 Å². The molecule has 0 amide bonds. The number of aryl methyl sites for hydroxylation is 1. The van der Waals surface area contributed by atoms with Gasteiger partial charge in [0, 0.05) is 11.8 Å². The molecule has 1 aromatic carbocycles. The summed E-state index contributed by atoms with van der Waals surface area (Å²) in [4.78, 5) is 1.38. The average molecular weight is 235 g/mol. The van der Waals surface area contributed by atoms with Crippen LogP contribution in [0.5, 0.6) is 5.75 Å². The van der Waals surface area contributed by atoms with E-state index in [-0.39, 0.29) is 0 Å². The molecule has 2 heterocycles. The summed E-state index contributed by atoms with van der Waals surface area (Å²) in [7, 11) is 0. The van der Waals surface area contributed by atoms with Crippen LogP contribution >= 0.6 is 11.8 Å². The second-order valence-corrected chi connectivity index (χ2v) is 5.55. The Hall–Kier alpha value is -0.670. The molecular formula is C13H17NOS. The first-order valence-electron chi connectivity index (χ1n) is 6.04. The summed E-state index contributed by atoms with van der Waals surface area (Å²) in [5.41, 5.74) is 1.46. The number of ether oxygens (including phenoxy) is 1. The molecule has 1 unspecified atom stereocenters. The molecule has 1 saturated heterocycles. The van der Waals surface area contributed by atoms with Crippen LogP contribution in [0.2, 0.25) is 0 Å². The number of benzene rings is 1. The first kappa shape index (κ1) is 10.5. The predicted molar refractivity (Wildman–Crippen MR) is 67.4 cm³/mol. The lowest BCUT2D eigenvalue weighted by atomic mass is 10.2. The van der Waals surface area contributed by atoms with Gasteiger partial charge in [0.1, 0.15) is 12.4 Å². The van der Waals surface area contributed by atoms with Crippen molar-refractivity contribution in [2.45, 2.75) is 30.2 Å². The van der Waals surface area contributed by atoms with Gasteiger partial charge in [0.15, 0.2) is 0 Å². The molecule has 2 aliphatic heterocycles. The van der Waals surface area contributed by atoms with Gasteiger partial charge >= 0.3 is 0 Å². The fraction of sp³-hybridized carbons (Fsp3) is 0.538. The maximum absolute atomic E-state index is 5.95. The molecule has 1 atom stereocenters. The Labute approximate surface area is 101 Å². The number of hydrogen-bond donors (Lipinski definition) is 1. The Balaban J connectivity index is 1.67. The summed E-state index contributed by atoms with van der Waals surface area (Å²) in [6, 6.07) is 6.99. The smallest absolute Gasteiger partial charge is 0.133 e. The molecule has 0 saturated carbocycles. The fourth-order valence-electron chi connectivity index (χ4n) is 2.39. The summed E-state index contributed by atoms with van der Waals surface area (Å²) in [5, 5.41) is 3.46. The molecule has 0 bridgehead atoms. The van der Waals surface area contributed by atoms with Crippen molar-refractivity contribution in [2.75, 3.05) is 18.9 Å². The van der Waals surface area contributed by atoms with Gasteiger partial charge < -0.3 is 10.1 Å². The normalized spacial score (nSPS) is 23.4. The minimum Gasteiger partial charge on any atom is -0.491 e. The van der Waals surface area contributed by atoms with Crippen LogP contribution in [0.4, 0.5) is 0 Å². The Morgan fingerprint density at radius 1 is 1.44 bits per heavy atom. The van der Waals surface area contributed by atoms with E-state index in [1.54, 1.807) is 0 Å². The molecule has 1 N–H and O–H groups in total. The molecule has 0 radical (unpaired) electrons. The zero-order chi connectivity index (χ0) is 10.8. The third-order valence-electron chi connectivity index (χ3n) is 3.28. The molecule has 0 spiro atoms. The van der Waals surface area contributed by atoms with Crippen LogP contribution < -0.4 is 10.1 Å². The Morgan fingerprint density at radius 3 is 3.31 bits per heavy atom. The van der Waals surface area contributed by atoms with Crippen LogP contribution in [0.25, 0.3) is 0 Å². The van der Waals surface area contributed by atoms with Crippen LogP contribution in [-0.2, 0) is 6.42 Å². The molecule has 0 aliphatic carbocycles. The van der Waals surface area contributed by atoms with E-state index in [1.807, 2.05) is 11.8 Å². The highest BCUT2D eigenvalue weighted by Crippen LogP contribution is 2.38. The van der Waals surface area contributed by atoms with Gasteiger partial charge in [-0.05, 0) is 37.4 Å². The van der Waals surface area contributed by atoms with Crippen molar-refractivity contribution in [3.63, 3.8) is 0 Å². The summed E-state index contributed by atoms with van der Waals surface area (Å²) >= 11 is 1.93. The number of fused-ring (bicyclic) bond motifs is 1. The summed E-state index contributed by atoms with van der Waals surface area (Å²) in [6.07, 6.45) is 3.73.